The molecule has 4 heterocycles. The second kappa shape index (κ2) is 11.2. The Morgan fingerprint density at radius 2 is 1.77 bits per heavy atom. The van der Waals surface area contributed by atoms with Crippen molar-refractivity contribution < 1.29 is 22.4 Å². The molecule has 47 heavy (non-hydrogen) atoms. The van der Waals surface area contributed by atoms with Crippen LogP contribution >= 0.6 is 11.3 Å². The number of hydrogen-bond acceptors (Lipinski definition) is 7. The molecule has 12 heteroatoms. The lowest BCUT2D eigenvalue weighted by Crippen LogP contribution is -2.33. The van der Waals surface area contributed by atoms with Gasteiger partial charge >= 0.3 is 0 Å². The lowest BCUT2D eigenvalue weighted by atomic mass is 10.1. The van der Waals surface area contributed by atoms with E-state index in [1.165, 1.54) is 21.5 Å². The number of anilines is 2. The fraction of sp³-hybridized carbons (Fsp3) is 0.257. The minimum atomic E-state index is -3.56. The van der Waals surface area contributed by atoms with Crippen molar-refractivity contribution in [1.29, 1.82) is 0 Å². The number of fused-ring (bicyclic) bond motifs is 3. The summed E-state index contributed by atoms with van der Waals surface area (Å²) in [5.74, 6) is -1.06. The maximum absolute atomic E-state index is 14.4. The van der Waals surface area contributed by atoms with Crippen LogP contribution in [0.4, 0.5) is 15.8 Å². The predicted octanol–water partition coefficient (Wildman–Crippen LogP) is 6.79. The van der Waals surface area contributed by atoms with E-state index in [0.717, 1.165) is 28.8 Å². The van der Waals surface area contributed by atoms with Gasteiger partial charge in [0.15, 0.2) is 0 Å². The fourth-order valence-corrected chi connectivity index (χ4v) is 9.06. The van der Waals surface area contributed by atoms with E-state index in [2.05, 4.69) is 10.4 Å². The molecule has 3 aromatic heterocycles. The minimum absolute atomic E-state index is 0.0985. The van der Waals surface area contributed by atoms with Crippen LogP contribution in [0.1, 0.15) is 68.6 Å². The summed E-state index contributed by atoms with van der Waals surface area (Å²) in [5.41, 5.74) is 5.28. The number of aromatic nitrogens is 3. The Labute approximate surface area is 275 Å². The highest BCUT2D eigenvalue weighted by molar-refractivity contribution is 7.90. The second-order valence-electron chi connectivity index (χ2n) is 12.3. The average molecular weight is 668 g/mol. The van der Waals surface area contributed by atoms with Gasteiger partial charge in [-0.3, -0.25) is 9.59 Å². The fourth-order valence-electron chi connectivity index (χ4n) is 6.21. The van der Waals surface area contributed by atoms with Gasteiger partial charge < -0.3 is 10.2 Å². The van der Waals surface area contributed by atoms with Gasteiger partial charge in [-0.2, -0.15) is 9.19 Å². The van der Waals surface area contributed by atoms with Gasteiger partial charge in [-0.25, -0.2) is 17.8 Å². The molecule has 0 radical (unpaired) electrons. The SMILES string of the molecule is Cc1cccc(F)c1NC(=O)c1cc2c(s1)-c1ccccc1N(C(=O)c1cccc(-c3cnn(S(=O)(=O)C4CC4)c3C3CC3)n1)CC2. The largest absolute Gasteiger partial charge is 0.319 e. The van der Waals surface area contributed by atoms with E-state index in [0.29, 0.717) is 58.9 Å². The Hall–Kier alpha value is -4.68. The van der Waals surface area contributed by atoms with Crippen LogP contribution in [0.25, 0.3) is 21.7 Å². The summed E-state index contributed by atoms with van der Waals surface area (Å²) in [6.07, 6.45) is 5.13. The number of nitrogens with one attached hydrogen (secondary N) is 1. The molecule has 1 N–H and O–H groups in total. The normalized spacial score (nSPS) is 15.9. The van der Waals surface area contributed by atoms with Crippen LogP contribution in [0.5, 0.6) is 0 Å². The van der Waals surface area contributed by atoms with Gasteiger partial charge in [0, 0.05) is 28.5 Å². The minimum Gasteiger partial charge on any atom is -0.319 e. The van der Waals surface area contributed by atoms with E-state index in [-0.39, 0.29) is 34.4 Å². The molecule has 0 atom stereocenters. The number of carbonyl (C=O) groups excluding carboxylic acids is 2. The average Bonchev–Trinajstić information content (AvgIpc) is 4.02. The molecule has 0 saturated heterocycles. The van der Waals surface area contributed by atoms with Crippen molar-refractivity contribution in [3.8, 4) is 21.7 Å². The summed E-state index contributed by atoms with van der Waals surface area (Å²) < 4.78 is 41.9. The van der Waals surface area contributed by atoms with E-state index >= 15 is 0 Å². The number of amides is 2. The second-order valence-corrected chi connectivity index (χ2v) is 15.4. The molecule has 2 aromatic carbocycles. The molecule has 0 spiro atoms. The molecule has 5 aromatic rings. The Morgan fingerprint density at radius 1 is 0.979 bits per heavy atom. The van der Waals surface area contributed by atoms with Gasteiger partial charge in [0.05, 0.1) is 39.1 Å². The third-order valence-corrected chi connectivity index (χ3v) is 12.2. The molecule has 2 amide bonds. The zero-order valence-corrected chi connectivity index (χ0v) is 27.1. The van der Waals surface area contributed by atoms with Gasteiger partial charge in [0.2, 0.25) is 0 Å². The number of carbonyl (C=O) groups is 2. The molecule has 9 nitrogen and oxygen atoms in total. The summed E-state index contributed by atoms with van der Waals surface area (Å²) >= 11 is 1.31. The topological polar surface area (TPSA) is 114 Å². The number of nitrogens with zero attached hydrogens (tertiary/aromatic N) is 4. The summed E-state index contributed by atoms with van der Waals surface area (Å²) in [4.78, 5) is 35.2. The monoisotopic (exact) mass is 667 g/mol. The lowest BCUT2D eigenvalue weighted by Gasteiger charge is -2.23. The first-order valence-corrected chi connectivity index (χ1v) is 17.9. The van der Waals surface area contributed by atoms with Crippen molar-refractivity contribution >= 4 is 44.5 Å². The van der Waals surface area contributed by atoms with E-state index in [1.54, 1.807) is 48.4 Å². The van der Waals surface area contributed by atoms with Crippen molar-refractivity contribution in [2.75, 3.05) is 16.8 Å². The number of pyridine rings is 1. The van der Waals surface area contributed by atoms with Gasteiger partial charge in [0.1, 0.15) is 11.5 Å². The van der Waals surface area contributed by atoms with Crippen molar-refractivity contribution in [1.82, 2.24) is 14.2 Å². The Bertz CT molecular complexity index is 2180. The van der Waals surface area contributed by atoms with Crippen molar-refractivity contribution in [3.05, 3.63) is 106 Å². The number of hydrogen-bond donors (Lipinski definition) is 1. The van der Waals surface area contributed by atoms with E-state index in [4.69, 9.17) is 4.98 Å². The van der Waals surface area contributed by atoms with E-state index < -0.39 is 15.8 Å². The summed E-state index contributed by atoms with van der Waals surface area (Å²) in [6.45, 7) is 2.09. The first-order chi connectivity index (χ1) is 22.7. The number of aryl methyl sites for hydroxylation is 1. The van der Waals surface area contributed by atoms with Gasteiger partial charge in [0.25, 0.3) is 21.8 Å². The van der Waals surface area contributed by atoms with Crippen molar-refractivity contribution in [2.24, 2.45) is 0 Å². The molecular formula is C35H30FN5O4S2. The maximum Gasteiger partial charge on any atom is 0.276 e. The zero-order valence-electron chi connectivity index (χ0n) is 25.4. The number of para-hydroxylation sites is 2. The smallest absolute Gasteiger partial charge is 0.276 e. The molecule has 0 bridgehead atoms. The molecule has 238 valence electrons. The molecule has 2 saturated carbocycles. The van der Waals surface area contributed by atoms with Gasteiger partial charge in [-0.15, -0.1) is 11.3 Å². The highest BCUT2D eigenvalue weighted by Gasteiger charge is 2.42. The standard InChI is InChI=1S/C35H30FN5O4S2/c1-20-6-4-8-26(36)31(20)39-34(42)30-18-22-16-17-40(29-11-3-2-7-24(29)33(22)46-30)35(43)28-10-5-9-27(38-28)25-19-37-41(32(25)21-12-13-21)47(44,45)23-14-15-23/h2-11,18-19,21,23H,12-17H2,1H3,(H,39,42). The van der Waals surface area contributed by atoms with E-state index in [9.17, 15) is 22.4 Å². The first kappa shape index (κ1) is 29.7. The third-order valence-electron chi connectivity index (χ3n) is 8.95. The van der Waals surface area contributed by atoms with Crippen molar-refractivity contribution in [2.45, 2.75) is 50.2 Å². The summed E-state index contributed by atoms with van der Waals surface area (Å²) in [5, 5.41) is 6.65. The van der Waals surface area contributed by atoms with E-state index in [1.807, 2.05) is 30.3 Å². The highest BCUT2D eigenvalue weighted by Crippen LogP contribution is 2.46. The maximum atomic E-state index is 14.4. The number of benzene rings is 2. The highest BCUT2D eigenvalue weighted by atomic mass is 32.2. The van der Waals surface area contributed by atoms with Crippen LogP contribution < -0.4 is 10.2 Å². The number of thiophene rings is 1. The third kappa shape index (κ3) is 5.25. The predicted molar refractivity (Wildman–Crippen MR) is 179 cm³/mol. The Kier molecular flexibility index (Phi) is 7.10. The molecule has 3 aliphatic rings. The first-order valence-electron chi connectivity index (χ1n) is 15.6. The number of rotatable bonds is 7. The zero-order chi connectivity index (χ0) is 32.4. The van der Waals surface area contributed by atoms with Crippen LogP contribution in [0.3, 0.4) is 0 Å². The van der Waals surface area contributed by atoms with Crippen molar-refractivity contribution in [3.63, 3.8) is 0 Å². The van der Waals surface area contributed by atoms with Crippen LogP contribution in [0, 0.1) is 12.7 Å². The van der Waals surface area contributed by atoms with Crippen LogP contribution in [-0.2, 0) is 16.4 Å². The van der Waals surface area contributed by atoms with Gasteiger partial charge in [-0.1, -0.05) is 36.4 Å². The molecule has 8 rings (SSSR count). The van der Waals surface area contributed by atoms with Crippen LogP contribution in [-0.4, -0.2) is 46.2 Å². The van der Waals surface area contributed by atoms with Gasteiger partial charge in [-0.05, 0) is 80.5 Å². The molecule has 2 fully saturated rings. The Balaban J connectivity index is 1.10. The lowest BCUT2D eigenvalue weighted by molar-refractivity contribution is 0.0981. The summed E-state index contributed by atoms with van der Waals surface area (Å²) in [6, 6.07) is 19.3. The number of halogens is 1. The molecule has 1 aliphatic heterocycles. The molecule has 2 aliphatic carbocycles. The molecular weight excluding hydrogens is 638 g/mol. The molecule has 0 unspecified atom stereocenters. The van der Waals surface area contributed by atoms with Crippen LogP contribution in [0.2, 0.25) is 0 Å². The van der Waals surface area contributed by atoms with Crippen LogP contribution in [0.15, 0.2) is 72.9 Å². The summed E-state index contributed by atoms with van der Waals surface area (Å²) in [7, 11) is -3.56. The quantitative estimate of drug-likeness (QED) is 0.204. The Morgan fingerprint density at radius 3 is 2.53 bits per heavy atom.